The van der Waals surface area contributed by atoms with Gasteiger partial charge in [0.15, 0.2) is 0 Å². The van der Waals surface area contributed by atoms with E-state index in [4.69, 9.17) is 0 Å². The summed E-state index contributed by atoms with van der Waals surface area (Å²) in [5.41, 5.74) is -0.724. The molecule has 1 aliphatic rings. The monoisotopic (exact) mass is 186 g/mol. The van der Waals surface area contributed by atoms with Crippen LogP contribution >= 0.6 is 0 Å². The van der Waals surface area contributed by atoms with Gasteiger partial charge in [0.05, 0.1) is 11.7 Å². The molecule has 1 aliphatic carbocycles. The van der Waals surface area contributed by atoms with Crippen molar-refractivity contribution in [2.24, 2.45) is 11.8 Å². The van der Waals surface area contributed by atoms with Crippen LogP contribution in [0.1, 0.15) is 46.5 Å². The molecule has 0 aliphatic heterocycles. The van der Waals surface area contributed by atoms with Gasteiger partial charge < -0.3 is 10.2 Å². The zero-order valence-electron chi connectivity index (χ0n) is 8.95. The van der Waals surface area contributed by atoms with E-state index in [1.165, 1.54) is 0 Å². The first-order chi connectivity index (χ1) is 5.95. The van der Waals surface area contributed by atoms with E-state index in [2.05, 4.69) is 6.92 Å². The third kappa shape index (κ3) is 2.68. The summed E-state index contributed by atoms with van der Waals surface area (Å²) in [6.07, 6.45) is 3.82. The van der Waals surface area contributed by atoms with Crippen molar-refractivity contribution in [3.63, 3.8) is 0 Å². The van der Waals surface area contributed by atoms with Crippen molar-refractivity contribution < 1.29 is 10.2 Å². The molecule has 0 spiro atoms. The second-order valence-electron chi connectivity index (χ2n) is 4.91. The summed E-state index contributed by atoms with van der Waals surface area (Å²) in [5.74, 6) is 0.726. The molecule has 3 unspecified atom stereocenters. The van der Waals surface area contributed by atoms with E-state index in [-0.39, 0.29) is 12.0 Å². The van der Waals surface area contributed by atoms with Gasteiger partial charge in [0, 0.05) is 5.92 Å². The van der Waals surface area contributed by atoms with E-state index in [1.54, 1.807) is 13.8 Å². The van der Waals surface area contributed by atoms with Crippen molar-refractivity contribution >= 4 is 0 Å². The van der Waals surface area contributed by atoms with Gasteiger partial charge in [-0.3, -0.25) is 0 Å². The van der Waals surface area contributed by atoms with Crippen LogP contribution in [0.5, 0.6) is 0 Å². The van der Waals surface area contributed by atoms with Gasteiger partial charge in [0.1, 0.15) is 0 Å². The molecule has 2 heteroatoms. The molecule has 1 fully saturated rings. The number of hydrogen-bond donors (Lipinski definition) is 2. The van der Waals surface area contributed by atoms with E-state index in [0.29, 0.717) is 5.92 Å². The maximum Gasteiger partial charge on any atom is 0.0644 e. The van der Waals surface area contributed by atoms with Crippen molar-refractivity contribution in [2.75, 3.05) is 0 Å². The fraction of sp³-hybridized carbons (Fsp3) is 1.00. The first-order valence-corrected chi connectivity index (χ1v) is 5.35. The van der Waals surface area contributed by atoms with Gasteiger partial charge in [-0.1, -0.05) is 13.3 Å². The van der Waals surface area contributed by atoms with Gasteiger partial charge in [0.25, 0.3) is 0 Å². The minimum absolute atomic E-state index is 0.0651. The van der Waals surface area contributed by atoms with Crippen molar-refractivity contribution in [1.29, 1.82) is 0 Å². The highest BCUT2D eigenvalue weighted by Gasteiger charge is 2.37. The molecule has 2 nitrogen and oxygen atoms in total. The summed E-state index contributed by atoms with van der Waals surface area (Å²) in [5, 5.41) is 19.7. The first-order valence-electron chi connectivity index (χ1n) is 5.35. The Morgan fingerprint density at radius 3 is 2.31 bits per heavy atom. The highest BCUT2D eigenvalue weighted by atomic mass is 16.3. The Hall–Kier alpha value is -0.0800. The topological polar surface area (TPSA) is 40.5 Å². The minimum atomic E-state index is -0.724. The van der Waals surface area contributed by atoms with Gasteiger partial charge in [-0.15, -0.1) is 0 Å². The van der Waals surface area contributed by atoms with Crippen molar-refractivity contribution in [1.82, 2.24) is 0 Å². The summed E-state index contributed by atoms with van der Waals surface area (Å²) >= 11 is 0. The summed E-state index contributed by atoms with van der Waals surface area (Å²) in [7, 11) is 0. The Bertz CT molecular complexity index is 160. The van der Waals surface area contributed by atoms with Crippen LogP contribution in [0.3, 0.4) is 0 Å². The molecule has 0 aromatic heterocycles. The van der Waals surface area contributed by atoms with Gasteiger partial charge in [-0.25, -0.2) is 0 Å². The number of aliphatic hydroxyl groups excluding tert-OH is 1. The summed E-state index contributed by atoms with van der Waals surface area (Å²) in [4.78, 5) is 0. The Morgan fingerprint density at radius 1 is 1.31 bits per heavy atom. The maximum absolute atomic E-state index is 9.85. The molecular weight excluding hydrogens is 164 g/mol. The molecular formula is C11H22O2. The first kappa shape index (κ1) is 11.0. The zero-order valence-corrected chi connectivity index (χ0v) is 8.95. The normalized spacial score (nSPS) is 36.2. The molecule has 1 rings (SSSR count). The number of hydrogen-bond acceptors (Lipinski definition) is 2. The molecule has 0 heterocycles. The van der Waals surface area contributed by atoms with E-state index in [1.807, 2.05) is 0 Å². The van der Waals surface area contributed by atoms with Crippen LogP contribution < -0.4 is 0 Å². The lowest BCUT2D eigenvalue weighted by molar-refractivity contribution is -0.0749. The molecule has 1 saturated carbocycles. The second kappa shape index (κ2) is 3.97. The maximum atomic E-state index is 9.85. The van der Waals surface area contributed by atoms with Crippen LogP contribution in [-0.2, 0) is 0 Å². The summed E-state index contributed by atoms with van der Waals surface area (Å²) in [6, 6.07) is 0. The molecule has 0 saturated heterocycles. The largest absolute Gasteiger partial charge is 0.393 e. The molecule has 78 valence electrons. The third-order valence-electron chi connectivity index (χ3n) is 3.41. The predicted octanol–water partition coefficient (Wildman–Crippen LogP) is 1.94. The number of aliphatic hydroxyl groups is 2. The summed E-state index contributed by atoms with van der Waals surface area (Å²) < 4.78 is 0. The van der Waals surface area contributed by atoms with Crippen LogP contribution in [0.25, 0.3) is 0 Å². The van der Waals surface area contributed by atoms with Crippen molar-refractivity contribution in [3.8, 4) is 0 Å². The van der Waals surface area contributed by atoms with Gasteiger partial charge >= 0.3 is 0 Å². The van der Waals surface area contributed by atoms with Crippen molar-refractivity contribution in [2.45, 2.75) is 58.2 Å². The lowest BCUT2D eigenvalue weighted by Gasteiger charge is -2.39. The van der Waals surface area contributed by atoms with E-state index in [9.17, 15) is 10.2 Å². The molecule has 0 radical (unpaired) electrons. The van der Waals surface area contributed by atoms with Crippen LogP contribution in [0.4, 0.5) is 0 Å². The predicted molar refractivity (Wildman–Crippen MR) is 53.4 cm³/mol. The molecule has 0 amide bonds. The molecule has 0 bridgehead atoms. The zero-order chi connectivity index (χ0) is 10.1. The van der Waals surface area contributed by atoms with Crippen LogP contribution in [0, 0.1) is 11.8 Å². The molecule has 2 N–H and O–H groups in total. The Kier molecular flexibility index (Phi) is 3.36. The van der Waals surface area contributed by atoms with Crippen LogP contribution in [0.2, 0.25) is 0 Å². The van der Waals surface area contributed by atoms with Gasteiger partial charge in [-0.05, 0) is 39.0 Å². The van der Waals surface area contributed by atoms with Crippen molar-refractivity contribution in [3.05, 3.63) is 0 Å². The van der Waals surface area contributed by atoms with Gasteiger partial charge in [-0.2, -0.15) is 0 Å². The lowest BCUT2D eigenvalue weighted by atomic mass is 9.72. The Morgan fingerprint density at radius 2 is 1.92 bits per heavy atom. The Balaban J connectivity index is 2.53. The van der Waals surface area contributed by atoms with E-state index in [0.717, 1.165) is 25.7 Å². The Labute approximate surface area is 81.0 Å². The average Bonchev–Trinajstić information content (AvgIpc) is 2.01. The standard InChI is InChI=1S/C11H22O2/c1-4-8-5-6-9(10(12)7-8)11(2,3)13/h8-10,12-13H,4-7H2,1-3H3. The quantitative estimate of drug-likeness (QED) is 0.692. The highest BCUT2D eigenvalue weighted by molar-refractivity contribution is 4.88. The van der Waals surface area contributed by atoms with Crippen LogP contribution in [0.15, 0.2) is 0 Å². The minimum Gasteiger partial charge on any atom is -0.393 e. The molecule has 13 heavy (non-hydrogen) atoms. The molecule has 0 aromatic carbocycles. The average molecular weight is 186 g/mol. The fourth-order valence-electron chi connectivity index (χ4n) is 2.43. The third-order valence-corrected chi connectivity index (χ3v) is 3.41. The van der Waals surface area contributed by atoms with Crippen LogP contribution in [-0.4, -0.2) is 21.9 Å². The fourth-order valence-corrected chi connectivity index (χ4v) is 2.43. The second-order valence-corrected chi connectivity index (χ2v) is 4.91. The number of rotatable bonds is 2. The summed E-state index contributed by atoms with van der Waals surface area (Å²) in [6.45, 7) is 5.77. The smallest absolute Gasteiger partial charge is 0.0644 e. The van der Waals surface area contributed by atoms with Gasteiger partial charge in [0.2, 0.25) is 0 Å². The molecule has 3 atom stereocenters. The SMILES string of the molecule is CCC1CCC(C(C)(C)O)C(O)C1. The lowest BCUT2D eigenvalue weighted by Crippen LogP contribution is -2.43. The van der Waals surface area contributed by atoms with E-state index >= 15 is 0 Å². The van der Waals surface area contributed by atoms with E-state index < -0.39 is 5.60 Å². The highest BCUT2D eigenvalue weighted by Crippen LogP contribution is 2.36. The molecule has 0 aromatic rings.